The number of benzene rings is 2. The second-order valence-corrected chi connectivity index (χ2v) is 7.48. The number of carbonyl (C=O) groups excluding carboxylic acids is 1. The van der Waals surface area contributed by atoms with Crippen LogP contribution < -0.4 is 4.74 Å². The van der Waals surface area contributed by atoms with Crippen LogP contribution in [0.5, 0.6) is 5.75 Å². The van der Waals surface area contributed by atoms with Gasteiger partial charge in [0.1, 0.15) is 5.75 Å². The zero-order valence-electron chi connectivity index (χ0n) is 17.1. The summed E-state index contributed by atoms with van der Waals surface area (Å²) in [4.78, 5) is 19.5. The molecule has 0 fully saturated rings. The van der Waals surface area contributed by atoms with Crippen molar-refractivity contribution < 1.29 is 14.1 Å². The fourth-order valence-corrected chi connectivity index (χ4v) is 4.00. The molecule has 0 N–H and O–H groups in total. The number of amides is 1. The highest BCUT2D eigenvalue weighted by Crippen LogP contribution is 2.33. The number of aryl methyl sites for hydroxylation is 1. The Bertz CT molecular complexity index is 1180. The Morgan fingerprint density at radius 2 is 1.87 bits per heavy atom. The van der Waals surface area contributed by atoms with E-state index in [9.17, 15) is 4.79 Å². The first kappa shape index (κ1) is 19.1. The van der Waals surface area contributed by atoms with Crippen LogP contribution in [0, 0.1) is 6.92 Å². The summed E-state index contributed by atoms with van der Waals surface area (Å²) in [5, 5.41) is 3.82. The predicted octanol–water partition coefficient (Wildman–Crippen LogP) is 4.00. The van der Waals surface area contributed by atoms with Gasteiger partial charge < -0.3 is 18.7 Å². The monoisotopic (exact) mass is 414 g/mol. The molecule has 1 aliphatic rings. The van der Waals surface area contributed by atoms with Crippen LogP contribution in [-0.2, 0) is 13.2 Å². The molecule has 1 aliphatic heterocycles. The molecule has 2 aromatic carbocycles. The van der Waals surface area contributed by atoms with Crippen molar-refractivity contribution in [3.05, 3.63) is 101 Å². The molecule has 7 nitrogen and oxygen atoms in total. The van der Waals surface area contributed by atoms with Crippen LogP contribution in [0.2, 0.25) is 0 Å². The highest BCUT2D eigenvalue weighted by atomic mass is 16.5. The Balaban J connectivity index is 1.36. The molecule has 7 heteroatoms. The lowest BCUT2D eigenvalue weighted by Crippen LogP contribution is -2.42. The Morgan fingerprint density at radius 3 is 2.61 bits per heavy atom. The van der Waals surface area contributed by atoms with E-state index in [1.54, 1.807) is 31.2 Å². The molecule has 0 spiro atoms. The Kier molecular flexibility index (Phi) is 5.00. The third-order valence-electron chi connectivity index (χ3n) is 5.45. The fraction of sp³-hybridized carbons (Fsp3) is 0.208. The summed E-state index contributed by atoms with van der Waals surface area (Å²) in [5.74, 6) is 1.63. The molecule has 31 heavy (non-hydrogen) atoms. The van der Waals surface area contributed by atoms with Crippen molar-refractivity contribution in [1.82, 2.24) is 19.6 Å². The van der Waals surface area contributed by atoms with Gasteiger partial charge in [0, 0.05) is 37.5 Å². The first-order chi connectivity index (χ1) is 15.2. The van der Waals surface area contributed by atoms with Gasteiger partial charge in [-0.1, -0.05) is 35.5 Å². The largest absolute Gasteiger partial charge is 0.485 e. The molecule has 1 amide bonds. The maximum atomic E-state index is 13.5. The number of carbonyl (C=O) groups is 1. The molecular formula is C24H22N4O3. The van der Waals surface area contributed by atoms with Crippen LogP contribution in [0.4, 0.5) is 0 Å². The second kappa shape index (κ2) is 8.10. The van der Waals surface area contributed by atoms with E-state index in [1.165, 1.54) is 0 Å². The lowest BCUT2D eigenvalue weighted by atomic mass is 9.99. The van der Waals surface area contributed by atoms with Crippen molar-refractivity contribution in [2.75, 3.05) is 6.54 Å². The van der Waals surface area contributed by atoms with Crippen molar-refractivity contribution in [3.8, 4) is 5.75 Å². The van der Waals surface area contributed by atoms with Crippen molar-refractivity contribution in [1.29, 1.82) is 0 Å². The standard InChI is InChI=1S/C24H22N4O3/c1-17-25-22(26-31-17)16-30-20-11-9-19(10-12-20)24(29)28-15-14-27-13-5-8-21(27)23(28)18-6-3-2-4-7-18/h2-13,23H,14-16H2,1H3. The topological polar surface area (TPSA) is 73.4 Å². The lowest BCUT2D eigenvalue weighted by Gasteiger charge is -2.37. The zero-order valence-corrected chi connectivity index (χ0v) is 17.1. The molecule has 5 rings (SSSR count). The maximum absolute atomic E-state index is 13.5. The van der Waals surface area contributed by atoms with Gasteiger partial charge in [0.2, 0.25) is 11.7 Å². The van der Waals surface area contributed by atoms with Crippen LogP contribution in [0.25, 0.3) is 0 Å². The Morgan fingerprint density at radius 1 is 1.06 bits per heavy atom. The number of aromatic nitrogens is 3. The maximum Gasteiger partial charge on any atom is 0.254 e. The molecule has 156 valence electrons. The van der Waals surface area contributed by atoms with E-state index in [2.05, 4.69) is 39.1 Å². The molecule has 0 aliphatic carbocycles. The lowest BCUT2D eigenvalue weighted by molar-refractivity contribution is 0.0664. The van der Waals surface area contributed by atoms with Gasteiger partial charge >= 0.3 is 0 Å². The molecule has 0 radical (unpaired) electrons. The van der Waals surface area contributed by atoms with Gasteiger partial charge in [-0.25, -0.2) is 0 Å². The summed E-state index contributed by atoms with van der Waals surface area (Å²) in [7, 11) is 0. The summed E-state index contributed by atoms with van der Waals surface area (Å²) in [6.07, 6.45) is 2.07. The van der Waals surface area contributed by atoms with Gasteiger partial charge in [0.15, 0.2) is 6.61 Å². The summed E-state index contributed by atoms with van der Waals surface area (Å²) >= 11 is 0. The second-order valence-electron chi connectivity index (χ2n) is 7.48. The van der Waals surface area contributed by atoms with E-state index < -0.39 is 0 Å². The van der Waals surface area contributed by atoms with Crippen molar-refractivity contribution in [2.24, 2.45) is 0 Å². The Labute approximate surface area is 179 Å². The highest BCUT2D eigenvalue weighted by Gasteiger charge is 2.32. The van der Waals surface area contributed by atoms with Gasteiger partial charge in [-0.2, -0.15) is 4.98 Å². The zero-order chi connectivity index (χ0) is 21.2. The van der Waals surface area contributed by atoms with E-state index in [4.69, 9.17) is 9.26 Å². The summed E-state index contributed by atoms with van der Waals surface area (Å²) in [6.45, 7) is 3.37. The van der Waals surface area contributed by atoms with E-state index >= 15 is 0 Å². The van der Waals surface area contributed by atoms with Crippen LogP contribution in [0.3, 0.4) is 0 Å². The van der Waals surface area contributed by atoms with Gasteiger partial charge in [-0.3, -0.25) is 4.79 Å². The van der Waals surface area contributed by atoms with Crippen molar-refractivity contribution in [3.63, 3.8) is 0 Å². The smallest absolute Gasteiger partial charge is 0.254 e. The molecule has 0 saturated carbocycles. The minimum absolute atomic E-state index is 0.00152. The van der Waals surface area contributed by atoms with E-state index in [0.29, 0.717) is 29.6 Å². The normalized spacial score (nSPS) is 15.5. The molecule has 3 heterocycles. The molecular weight excluding hydrogens is 392 g/mol. The van der Waals surface area contributed by atoms with E-state index in [1.807, 2.05) is 29.2 Å². The average Bonchev–Trinajstić information content (AvgIpc) is 3.46. The first-order valence-electron chi connectivity index (χ1n) is 10.2. The van der Waals surface area contributed by atoms with Crippen LogP contribution in [0.15, 0.2) is 77.4 Å². The van der Waals surface area contributed by atoms with Crippen molar-refractivity contribution >= 4 is 5.91 Å². The Hall–Kier alpha value is -3.87. The van der Waals surface area contributed by atoms with Crippen LogP contribution >= 0.6 is 0 Å². The van der Waals surface area contributed by atoms with E-state index in [-0.39, 0.29) is 18.6 Å². The molecule has 0 bridgehead atoms. The van der Waals surface area contributed by atoms with Gasteiger partial charge in [-0.15, -0.1) is 0 Å². The number of rotatable bonds is 5. The van der Waals surface area contributed by atoms with Gasteiger partial charge in [-0.05, 0) is 42.0 Å². The molecule has 2 aromatic heterocycles. The number of nitrogens with zero attached hydrogens (tertiary/aromatic N) is 4. The first-order valence-corrected chi connectivity index (χ1v) is 10.2. The summed E-state index contributed by atoms with van der Waals surface area (Å²) in [5.41, 5.74) is 2.86. The van der Waals surface area contributed by atoms with Crippen molar-refractivity contribution in [2.45, 2.75) is 26.1 Å². The molecule has 1 unspecified atom stereocenters. The highest BCUT2D eigenvalue weighted by molar-refractivity contribution is 5.95. The quantitative estimate of drug-likeness (QED) is 0.493. The number of hydrogen-bond acceptors (Lipinski definition) is 5. The summed E-state index contributed by atoms with van der Waals surface area (Å²) < 4.78 is 12.9. The van der Waals surface area contributed by atoms with Crippen LogP contribution in [0.1, 0.15) is 39.4 Å². The third-order valence-corrected chi connectivity index (χ3v) is 5.45. The minimum atomic E-state index is -0.116. The molecule has 4 aromatic rings. The van der Waals surface area contributed by atoms with Gasteiger partial charge in [0.05, 0.1) is 6.04 Å². The fourth-order valence-electron chi connectivity index (χ4n) is 4.00. The number of hydrogen-bond donors (Lipinski definition) is 0. The van der Waals surface area contributed by atoms with Crippen LogP contribution in [-0.4, -0.2) is 32.1 Å². The number of fused-ring (bicyclic) bond motifs is 1. The summed E-state index contributed by atoms with van der Waals surface area (Å²) in [6, 6.07) is 21.4. The molecule has 0 saturated heterocycles. The van der Waals surface area contributed by atoms with Gasteiger partial charge in [0.25, 0.3) is 5.91 Å². The number of ether oxygens (including phenoxy) is 1. The molecule has 1 atom stereocenters. The average molecular weight is 414 g/mol. The third kappa shape index (κ3) is 3.82. The van der Waals surface area contributed by atoms with E-state index in [0.717, 1.165) is 17.8 Å². The minimum Gasteiger partial charge on any atom is -0.485 e. The predicted molar refractivity (Wildman–Crippen MR) is 114 cm³/mol. The SMILES string of the molecule is Cc1nc(COc2ccc(C(=O)N3CCn4cccc4C3c3ccccc3)cc2)no1.